The molecule has 0 aliphatic rings. The van der Waals surface area contributed by atoms with Gasteiger partial charge in [-0.2, -0.15) is 0 Å². The summed E-state index contributed by atoms with van der Waals surface area (Å²) in [5.74, 6) is 0.0949. The third kappa shape index (κ3) is 4.02. The van der Waals surface area contributed by atoms with E-state index in [2.05, 4.69) is 5.32 Å². The molecule has 0 bridgehead atoms. The largest absolute Gasteiger partial charge is 0.380 e. The number of benzene rings is 1. The van der Waals surface area contributed by atoms with Crippen molar-refractivity contribution >= 4 is 27.1 Å². The predicted molar refractivity (Wildman–Crippen MR) is 69.0 cm³/mol. The van der Waals surface area contributed by atoms with E-state index in [-0.39, 0.29) is 11.8 Å². The van der Waals surface area contributed by atoms with Crippen LogP contribution in [0.1, 0.15) is 12.5 Å². The molecule has 0 spiro atoms. The fraction of sp³-hybridized carbons (Fsp3) is 0.455. The summed E-state index contributed by atoms with van der Waals surface area (Å²) in [5.41, 5.74) is 1.81. The predicted octanol–water partition coefficient (Wildman–Crippen LogP) is 2.49. The van der Waals surface area contributed by atoms with Crippen molar-refractivity contribution in [2.24, 2.45) is 0 Å². The second-order valence-corrected chi connectivity index (χ2v) is 6.66. The van der Waals surface area contributed by atoms with Crippen LogP contribution in [-0.4, -0.2) is 26.5 Å². The van der Waals surface area contributed by atoms with E-state index in [1.165, 1.54) is 6.26 Å². The maximum absolute atomic E-state index is 11.1. The van der Waals surface area contributed by atoms with Crippen molar-refractivity contribution in [3.05, 3.63) is 28.8 Å². The summed E-state index contributed by atoms with van der Waals surface area (Å²) in [6.45, 7) is 3.76. The topological polar surface area (TPSA) is 46.2 Å². The minimum Gasteiger partial charge on any atom is -0.380 e. The zero-order valence-electron chi connectivity index (χ0n) is 9.62. The molecular weight excluding hydrogens is 246 g/mol. The third-order valence-electron chi connectivity index (χ3n) is 2.17. The third-order valence-corrected chi connectivity index (χ3v) is 3.59. The summed E-state index contributed by atoms with van der Waals surface area (Å²) < 4.78 is 22.3. The molecule has 1 unspecified atom stereocenters. The van der Waals surface area contributed by atoms with Gasteiger partial charge in [0, 0.05) is 12.3 Å². The van der Waals surface area contributed by atoms with Crippen LogP contribution in [0.15, 0.2) is 18.2 Å². The van der Waals surface area contributed by atoms with Crippen molar-refractivity contribution in [3.8, 4) is 0 Å². The van der Waals surface area contributed by atoms with Crippen LogP contribution >= 0.6 is 11.6 Å². The number of halogens is 1. The normalized spacial score (nSPS) is 13.5. The van der Waals surface area contributed by atoms with Crippen molar-refractivity contribution < 1.29 is 8.42 Å². The molecule has 0 fully saturated rings. The van der Waals surface area contributed by atoms with Crippen LogP contribution in [0.3, 0.4) is 0 Å². The molecule has 0 aliphatic heterocycles. The molecule has 0 radical (unpaired) electrons. The summed E-state index contributed by atoms with van der Waals surface area (Å²) in [7, 11) is -2.97. The lowest BCUT2D eigenvalue weighted by Crippen LogP contribution is -2.25. The summed E-state index contributed by atoms with van der Waals surface area (Å²) in [4.78, 5) is 0. The summed E-state index contributed by atoms with van der Waals surface area (Å²) in [5, 5.41) is 3.74. The van der Waals surface area contributed by atoms with Crippen LogP contribution in [0.4, 0.5) is 5.69 Å². The molecule has 1 atom stereocenters. The summed E-state index contributed by atoms with van der Waals surface area (Å²) >= 11 is 6.03. The van der Waals surface area contributed by atoms with Gasteiger partial charge in [0.2, 0.25) is 0 Å². The van der Waals surface area contributed by atoms with Gasteiger partial charge in [-0.1, -0.05) is 23.7 Å². The lowest BCUT2D eigenvalue weighted by atomic mass is 10.2. The fourth-order valence-corrected chi connectivity index (χ4v) is 2.82. The van der Waals surface area contributed by atoms with Crippen LogP contribution in [0.2, 0.25) is 5.02 Å². The molecule has 1 aromatic carbocycles. The first-order chi connectivity index (χ1) is 7.29. The fourth-order valence-electron chi connectivity index (χ4n) is 1.56. The first-order valence-corrected chi connectivity index (χ1v) is 7.43. The Hall–Kier alpha value is -0.740. The van der Waals surface area contributed by atoms with Crippen molar-refractivity contribution in [2.45, 2.75) is 19.9 Å². The van der Waals surface area contributed by atoms with Gasteiger partial charge in [-0.25, -0.2) is 8.42 Å². The van der Waals surface area contributed by atoms with Crippen LogP contribution in [-0.2, 0) is 9.84 Å². The highest BCUT2D eigenvalue weighted by Gasteiger charge is 2.12. The summed E-state index contributed by atoms with van der Waals surface area (Å²) in [6, 6.07) is 5.42. The smallest absolute Gasteiger partial charge is 0.149 e. The minimum absolute atomic E-state index is 0.0949. The molecule has 16 heavy (non-hydrogen) atoms. The van der Waals surface area contributed by atoms with Crippen molar-refractivity contribution in [1.29, 1.82) is 0 Å². The van der Waals surface area contributed by atoms with Crippen molar-refractivity contribution in [3.63, 3.8) is 0 Å². The highest BCUT2D eigenvalue weighted by molar-refractivity contribution is 7.90. The van der Waals surface area contributed by atoms with E-state index in [0.29, 0.717) is 5.02 Å². The first-order valence-electron chi connectivity index (χ1n) is 4.99. The Kier molecular flexibility index (Phi) is 4.21. The standard InChI is InChI=1S/C11H16ClNO2S/c1-8-5-4-6-10(12)11(8)13-9(2)7-16(3,14)15/h4-6,9,13H,7H2,1-3H3. The SMILES string of the molecule is Cc1cccc(Cl)c1NC(C)CS(C)(=O)=O. The number of aryl methyl sites for hydroxylation is 1. The molecule has 5 heteroatoms. The van der Waals surface area contributed by atoms with Crippen LogP contribution in [0.25, 0.3) is 0 Å². The molecule has 1 aromatic rings. The van der Waals surface area contributed by atoms with Gasteiger partial charge in [0.25, 0.3) is 0 Å². The zero-order valence-corrected chi connectivity index (χ0v) is 11.2. The number of rotatable bonds is 4. The highest BCUT2D eigenvalue weighted by Crippen LogP contribution is 2.25. The Bertz CT molecular complexity index is 451. The number of hydrogen-bond acceptors (Lipinski definition) is 3. The Balaban J connectivity index is 2.81. The molecule has 0 heterocycles. The van der Waals surface area contributed by atoms with E-state index in [4.69, 9.17) is 11.6 Å². The highest BCUT2D eigenvalue weighted by atomic mass is 35.5. The Labute approximate surface area is 102 Å². The van der Waals surface area contributed by atoms with Gasteiger partial charge in [0.1, 0.15) is 9.84 Å². The van der Waals surface area contributed by atoms with E-state index in [1.54, 1.807) is 6.07 Å². The average molecular weight is 262 g/mol. The molecule has 0 aromatic heterocycles. The molecule has 0 saturated carbocycles. The average Bonchev–Trinajstić information content (AvgIpc) is 2.08. The van der Waals surface area contributed by atoms with Gasteiger partial charge in [-0.3, -0.25) is 0 Å². The second kappa shape index (κ2) is 5.06. The van der Waals surface area contributed by atoms with Crippen LogP contribution < -0.4 is 5.32 Å². The van der Waals surface area contributed by atoms with Gasteiger partial charge in [0.15, 0.2) is 0 Å². The molecule has 1 N–H and O–H groups in total. The van der Waals surface area contributed by atoms with Gasteiger partial charge in [-0.15, -0.1) is 0 Å². The monoisotopic (exact) mass is 261 g/mol. The number of sulfone groups is 1. The number of para-hydroxylation sites is 1. The summed E-state index contributed by atoms with van der Waals surface area (Å²) in [6.07, 6.45) is 1.23. The lowest BCUT2D eigenvalue weighted by Gasteiger charge is -2.17. The van der Waals surface area contributed by atoms with E-state index < -0.39 is 9.84 Å². The van der Waals surface area contributed by atoms with Crippen LogP contribution in [0, 0.1) is 6.92 Å². The maximum atomic E-state index is 11.1. The van der Waals surface area contributed by atoms with E-state index in [9.17, 15) is 8.42 Å². The number of anilines is 1. The van der Waals surface area contributed by atoms with E-state index in [0.717, 1.165) is 11.3 Å². The molecule has 90 valence electrons. The van der Waals surface area contributed by atoms with Crippen LogP contribution in [0.5, 0.6) is 0 Å². The van der Waals surface area contributed by atoms with Crippen molar-refractivity contribution in [2.75, 3.05) is 17.3 Å². The quantitative estimate of drug-likeness (QED) is 0.906. The molecule has 3 nitrogen and oxygen atoms in total. The van der Waals surface area contributed by atoms with Gasteiger partial charge in [0.05, 0.1) is 16.5 Å². The minimum atomic E-state index is -2.97. The van der Waals surface area contributed by atoms with Gasteiger partial charge in [-0.05, 0) is 25.5 Å². The first kappa shape index (κ1) is 13.3. The molecule has 0 aliphatic carbocycles. The van der Waals surface area contributed by atoms with Gasteiger partial charge < -0.3 is 5.32 Å². The number of hydrogen-bond donors (Lipinski definition) is 1. The Morgan fingerprint density at radius 1 is 1.44 bits per heavy atom. The van der Waals surface area contributed by atoms with E-state index >= 15 is 0 Å². The zero-order chi connectivity index (χ0) is 12.3. The number of nitrogens with one attached hydrogen (secondary N) is 1. The maximum Gasteiger partial charge on any atom is 0.149 e. The molecular formula is C11H16ClNO2S. The Morgan fingerprint density at radius 2 is 2.06 bits per heavy atom. The Morgan fingerprint density at radius 3 is 2.56 bits per heavy atom. The molecule has 0 saturated heterocycles. The van der Waals surface area contributed by atoms with Crippen molar-refractivity contribution in [1.82, 2.24) is 0 Å². The lowest BCUT2D eigenvalue weighted by molar-refractivity contribution is 0.598. The van der Waals surface area contributed by atoms with Gasteiger partial charge >= 0.3 is 0 Å². The molecule has 0 amide bonds. The second-order valence-electron chi connectivity index (χ2n) is 4.07. The molecule has 1 rings (SSSR count). The van der Waals surface area contributed by atoms with E-state index in [1.807, 2.05) is 26.0 Å².